The van der Waals surface area contributed by atoms with Gasteiger partial charge in [-0.1, -0.05) is 0 Å². The van der Waals surface area contributed by atoms with E-state index in [-0.39, 0.29) is 24.4 Å². The summed E-state index contributed by atoms with van der Waals surface area (Å²) in [5, 5.41) is 0. The van der Waals surface area contributed by atoms with Crippen molar-refractivity contribution in [3.63, 3.8) is 0 Å². The zero-order valence-electron chi connectivity index (χ0n) is 8.73. The second-order valence-electron chi connectivity index (χ2n) is 3.81. The topological polar surface area (TPSA) is 46.3 Å². The molecule has 1 aliphatic heterocycles. The first kappa shape index (κ1) is 13.7. The van der Waals surface area contributed by atoms with Crippen molar-refractivity contribution in [2.24, 2.45) is 5.73 Å². The SMILES string of the molecule is Cl.N[C@H]1CCN(C(=O)c2ccc(I)cc2)C1. The molecular formula is C11H14ClIN2O. The first-order valence-electron chi connectivity index (χ1n) is 4.97. The molecule has 0 radical (unpaired) electrons. The fourth-order valence-corrected chi connectivity index (χ4v) is 2.11. The summed E-state index contributed by atoms with van der Waals surface area (Å²) in [7, 11) is 0. The molecule has 16 heavy (non-hydrogen) atoms. The summed E-state index contributed by atoms with van der Waals surface area (Å²) < 4.78 is 1.14. The maximum atomic E-state index is 12.0. The molecule has 88 valence electrons. The van der Waals surface area contributed by atoms with E-state index in [2.05, 4.69) is 22.6 Å². The largest absolute Gasteiger partial charge is 0.337 e. The van der Waals surface area contributed by atoms with E-state index >= 15 is 0 Å². The van der Waals surface area contributed by atoms with E-state index in [9.17, 15) is 4.79 Å². The predicted molar refractivity (Wildman–Crippen MR) is 74.9 cm³/mol. The Balaban J connectivity index is 0.00000128. The molecule has 0 bridgehead atoms. The second-order valence-corrected chi connectivity index (χ2v) is 5.05. The minimum absolute atomic E-state index is 0. The zero-order chi connectivity index (χ0) is 10.8. The van der Waals surface area contributed by atoms with Gasteiger partial charge < -0.3 is 10.6 Å². The molecule has 1 aromatic rings. The van der Waals surface area contributed by atoms with Gasteiger partial charge in [0.25, 0.3) is 5.91 Å². The molecular weight excluding hydrogens is 338 g/mol. The molecule has 1 amide bonds. The third-order valence-corrected chi connectivity index (χ3v) is 3.32. The quantitative estimate of drug-likeness (QED) is 0.785. The Bertz CT molecular complexity index is 369. The summed E-state index contributed by atoms with van der Waals surface area (Å²) in [6, 6.07) is 7.79. The normalized spacial score (nSPS) is 19.4. The van der Waals surface area contributed by atoms with Crippen molar-refractivity contribution in [3.8, 4) is 0 Å². The van der Waals surface area contributed by atoms with E-state index in [1.165, 1.54) is 0 Å². The van der Waals surface area contributed by atoms with Crippen LogP contribution in [0.15, 0.2) is 24.3 Å². The molecule has 5 heteroatoms. The number of rotatable bonds is 1. The number of likely N-dealkylation sites (tertiary alicyclic amines) is 1. The molecule has 0 saturated carbocycles. The Morgan fingerprint density at radius 3 is 2.50 bits per heavy atom. The van der Waals surface area contributed by atoms with Crippen LogP contribution in [0.4, 0.5) is 0 Å². The molecule has 0 spiro atoms. The van der Waals surface area contributed by atoms with Gasteiger partial charge >= 0.3 is 0 Å². The van der Waals surface area contributed by atoms with E-state index in [1.807, 2.05) is 29.2 Å². The van der Waals surface area contributed by atoms with Gasteiger partial charge in [0, 0.05) is 28.3 Å². The summed E-state index contributed by atoms with van der Waals surface area (Å²) in [5.74, 6) is 0.0966. The molecule has 1 heterocycles. The Morgan fingerprint density at radius 2 is 2.00 bits per heavy atom. The fourth-order valence-electron chi connectivity index (χ4n) is 1.75. The number of carbonyl (C=O) groups excluding carboxylic acids is 1. The highest BCUT2D eigenvalue weighted by atomic mass is 127. The Morgan fingerprint density at radius 1 is 1.38 bits per heavy atom. The van der Waals surface area contributed by atoms with E-state index in [0.29, 0.717) is 6.54 Å². The molecule has 1 atom stereocenters. The maximum Gasteiger partial charge on any atom is 0.253 e. The van der Waals surface area contributed by atoms with Crippen molar-refractivity contribution in [1.29, 1.82) is 0 Å². The van der Waals surface area contributed by atoms with Gasteiger partial charge in [-0.25, -0.2) is 0 Å². The third-order valence-electron chi connectivity index (χ3n) is 2.60. The van der Waals surface area contributed by atoms with Gasteiger partial charge in [0.1, 0.15) is 0 Å². The third kappa shape index (κ3) is 3.09. The minimum atomic E-state index is 0. The van der Waals surface area contributed by atoms with Crippen LogP contribution in [-0.4, -0.2) is 29.9 Å². The van der Waals surface area contributed by atoms with Crippen LogP contribution in [0.1, 0.15) is 16.8 Å². The van der Waals surface area contributed by atoms with Crippen molar-refractivity contribution in [2.75, 3.05) is 13.1 Å². The van der Waals surface area contributed by atoms with Crippen molar-refractivity contribution in [1.82, 2.24) is 4.90 Å². The average Bonchev–Trinajstić information content (AvgIpc) is 2.65. The molecule has 1 fully saturated rings. The molecule has 0 unspecified atom stereocenters. The van der Waals surface area contributed by atoms with Gasteiger partial charge in [-0.3, -0.25) is 4.79 Å². The molecule has 1 saturated heterocycles. The second kappa shape index (κ2) is 5.84. The summed E-state index contributed by atoms with van der Waals surface area (Å²) >= 11 is 2.23. The minimum Gasteiger partial charge on any atom is -0.337 e. The number of nitrogens with zero attached hydrogens (tertiary/aromatic N) is 1. The highest BCUT2D eigenvalue weighted by Crippen LogP contribution is 2.13. The predicted octanol–water partition coefficient (Wildman–Crippen LogP) is 1.89. The number of hydrogen-bond donors (Lipinski definition) is 1. The number of nitrogens with two attached hydrogens (primary N) is 1. The lowest BCUT2D eigenvalue weighted by Gasteiger charge is -2.15. The Labute approximate surface area is 115 Å². The van der Waals surface area contributed by atoms with Gasteiger partial charge in [-0.05, 0) is 53.3 Å². The van der Waals surface area contributed by atoms with E-state index < -0.39 is 0 Å². The first-order valence-corrected chi connectivity index (χ1v) is 6.05. The van der Waals surface area contributed by atoms with Gasteiger partial charge in [0.2, 0.25) is 0 Å². The molecule has 2 rings (SSSR count). The van der Waals surface area contributed by atoms with Crippen molar-refractivity contribution < 1.29 is 4.79 Å². The van der Waals surface area contributed by atoms with E-state index in [1.54, 1.807) is 0 Å². The molecule has 2 N–H and O–H groups in total. The molecule has 1 aliphatic rings. The lowest BCUT2D eigenvalue weighted by atomic mass is 10.2. The van der Waals surface area contributed by atoms with Crippen LogP contribution in [0.5, 0.6) is 0 Å². The van der Waals surface area contributed by atoms with Gasteiger partial charge in [0.15, 0.2) is 0 Å². The van der Waals surface area contributed by atoms with Gasteiger partial charge in [0.05, 0.1) is 0 Å². The van der Waals surface area contributed by atoms with Crippen LogP contribution < -0.4 is 5.73 Å². The van der Waals surface area contributed by atoms with Gasteiger partial charge in [-0.15, -0.1) is 12.4 Å². The van der Waals surface area contributed by atoms with Crippen molar-refractivity contribution in [2.45, 2.75) is 12.5 Å². The van der Waals surface area contributed by atoms with E-state index in [0.717, 1.165) is 22.1 Å². The number of halogens is 2. The lowest BCUT2D eigenvalue weighted by molar-refractivity contribution is 0.0791. The highest BCUT2D eigenvalue weighted by molar-refractivity contribution is 14.1. The van der Waals surface area contributed by atoms with Crippen molar-refractivity contribution in [3.05, 3.63) is 33.4 Å². The van der Waals surface area contributed by atoms with Crippen LogP contribution in [-0.2, 0) is 0 Å². The summed E-state index contributed by atoms with van der Waals surface area (Å²) in [6.07, 6.45) is 0.913. The average molecular weight is 353 g/mol. The summed E-state index contributed by atoms with van der Waals surface area (Å²) in [6.45, 7) is 1.47. The number of carbonyl (C=O) groups is 1. The maximum absolute atomic E-state index is 12.0. The number of hydrogen-bond acceptors (Lipinski definition) is 2. The zero-order valence-corrected chi connectivity index (χ0v) is 11.7. The number of amides is 1. The fraction of sp³-hybridized carbons (Fsp3) is 0.364. The first-order chi connectivity index (χ1) is 7.16. The van der Waals surface area contributed by atoms with Crippen LogP contribution >= 0.6 is 35.0 Å². The monoisotopic (exact) mass is 352 g/mol. The van der Waals surface area contributed by atoms with Crippen LogP contribution in [0.25, 0.3) is 0 Å². The van der Waals surface area contributed by atoms with E-state index in [4.69, 9.17) is 5.73 Å². The Kier molecular flexibility index (Phi) is 5.01. The summed E-state index contributed by atoms with van der Waals surface area (Å²) in [5.41, 5.74) is 6.52. The van der Waals surface area contributed by atoms with Gasteiger partial charge in [-0.2, -0.15) is 0 Å². The van der Waals surface area contributed by atoms with Crippen LogP contribution in [0.3, 0.4) is 0 Å². The highest BCUT2D eigenvalue weighted by Gasteiger charge is 2.24. The summed E-state index contributed by atoms with van der Waals surface area (Å²) in [4.78, 5) is 13.8. The molecule has 1 aromatic carbocycles. The molecule has 0 aromatic heterocycles. The molecule has 0 aliphatic carbocycles. The lowest BCUT2D eigenvalue weighted by Crippen LogP contribution is -2.31. The Hall–Kier alpha value is -0.330. The standard InChI is InChI=1S/C11H13IN2O.ClH/c12-9-3-1-8(2-4-9)11(15)14-6-5-10(13)7-14;/h1-4,10H,5-7,13H2;1H/t10-;/m0./s1. The molecule has 3 nitrogen and oxygen atoms in total. The van der Waals surface area contributed by atoms with Crippen LogP contribution in [0.2, 0.25) is 0 Å². The van der Waals surface area contributed by atoms with Crippen LogP contribution in [0, 0.1) is 3.57 Å². The smallest absolute Gasteiger partial charge is 0.253 e. The van der Waals surface area contributed by atoms with Crippen molar-refractivity contribution >= 4 is 40.9 Å². The number of benzene rings is 1.